The number of carbonyl (C=O) groups is 3. The second kappa shape index (κ2) is 6.03. The number of hydrogen-bond acceptors (Lipinski definition) is 4. The van der Waals surface area contributed by atoms with E-state index in [1.54, 1.807) is 20.8 Å². The zero-order valence-corrected chi connectivity index (χ0v) is 13.5. The first-order valence-electron chi connectivity index (χ1n) is 7.18. The van der Waals surface area contributed by atoms with Crippen LogP contribution < -0.4 is 0 Å². The predicted molar refractivity (Wildman–Crippen MR) is 76.5 cm³/mol. The quantitative estimate of drug-likeness (QED) is 0.778. The van der Waals surface area contributed by atoms with E-state index in [1.807, 2.05) is 13.8 Å². The van der Waals surface area contributed by atoms with Crippen LogP contribution in [0, 0.1) is 17.8 Å². The molecule has 1 rings (SSSR count). The third kappa shape index (κ3) is 4.44. The van der Waals surface area contributed by atoms with Crippen molar-refractivity contribution < 1.29 is 24.2 Å². The van der Waals surface area contributed by atoms with Gasteiger partial charge in [0.25, 0.3) is 0 Å². The third-order valence-electron chi connectivity index (χ3n) is 3.47. The van der Waals surface area contributed by atoms with Crippen molar-refractivity contribution in [2.75, 3.05) is 7.05 Å². The normalized spacial score (nSPS) is 22.6. The van der Waals surface area contributed by atoms with Gasteiger partial charge >= 0.3 is 11.9 Å². The molecule has 0 bridgehead atoms. The molecular formula is C15H25NO5. The zero-order valence-electron chi connectivity index (χ0n) is 13.5. The Morgan fingerprint density at radius 2 is 1.71 bits per heavy atom. The van der Waals surface area contributed by atoms with Crippen LogP contribution in [0.5, 0.6) is 0 Å². The molecule has 0 aromatic heterocycles. The SMILES string of the molecule is CC(C)[C@@H](C(=O)OC(C)(C)C)N(C)C(=O)[C@H]1C[C@H]1C(=O)O. The van der Waals surface area contributed by atoms with Crippen LogP contribution in [0.2, 0.25) is 0 Å². The molecule has 0 heterocycles. The van der Waals surface area contributed by atoms with E-state index in [2.05, 4.69) is 0 Å². The number of rotatable bonds is 5. The lowest BCUT2D eigenvalue weighted by molar-refractivity contribution is -0.166. The van der Waals surface area contributed by atoms with E-state index < -0.39 is 35.4 Å². The molecule has 1 N–H and O–H groups in total. The van der Waals surface area contributed by atoms with Gasteiger partial charge in [0.15, 0.2) is 0 Å². The Morgan fingerprint density at radius 1 is 1.19 bits per heavy atom. The minimum atomic E-state index is -0.958. The Kier molecular flexibility index (Phi) is 5.02. The van der Waals surface area contributed by atoms with Gasteiger partial charge in [-0.2, -0.15) is 0 Å². The molecule has 6 heteroatoms. The van der Waals surface area contributed by atoms with E-state index in [9.17, 15) is 14.4 Å². The predicted octanol–water partition coefficient (Wildman–Crippen LogP) is 1.53. The minimum Gasteiger partial charge on any atom is -0.481 e. The molecule has 6 nitrogen and oxygen atoms in total. The third-order valence-corrected chi connectivity index (χ3v) is 3.47. The summed E-state index contributed by atoms with van der Waals surface area (Å²) in [7, 11) is 1.54. The number of carboxylic acids is 1. The first kappa shape index (κ1) is 17.5. The summed E-state index contributed by atoms with van der Waals surface area (Å²) in [5.41, 5.74) is -0.628. The molecule has 1 fully saturated rings. The molecule has 21 heavy (non-hydrogen) atoms. The van der Waals surface area contributed by atoms with Crippen LogP contribution in [-0.4, -0.2) is 46.5 Å². The summed E-state index contributed by atoms with van der Waals surface area (Å²) < 4.78 is 5.36. The fourth-order valence-corrected chi connectivity index (χ4v) is 2.38. The van der Waals surface area contributed by atoms with Gasteiger partial charge in [0.2, 0.25) is 5.91 Å². The molecule has 1 aliphatic carbocycles. The first-order chi connectivity index (χ1) is 9.45. The van der Waals surface area contributed by atoms with E-state index in [1.165, 1.54) is 11.9 Å². The molecule has 0 radical (unpaired) electrons. The molecule has 120 valence electrons. The van der Waals surface area contributed by atoms with Gasteiger partial charge in [0.1, 0.15) is 11.6 Å². The number of hydrogen-bond donors (Lipinski definition) is 1. The summed E-state index contributed by atoms with van der Waals surface area (Å²) in [6, 6.07) is -0.702. The summed E-state index contributed by atoms with van der Waals surface area (Å²) in [5.74, 6) is -2.97. The maximum atomic E-state index is 12.3. The molecule has 1 aliphatic rings. The highest BCUT2D eigenvalue weighted by Crippen LogP contribution is 2.40. The van der Waals surface area contributed by atoms with Gasteiger partial charge in [0, 0.05) is 7.05 Å². The molecule has 1 amide bonds. The van der Waals surface area contributed by atoms with Crippen molar-refractivity contribution in [2.24, 2.45) is 17.8 Å². The average molecular weight is 299 g/mol. The van der Waals surface area contributed by atoms with Gasteiger partial charge in [-0.3, -0.25) is 9.59 Å². The van der Waals surface area contributed by atoms with Gasteiger partial charge in [-0.1, -0.05) is 13.8 Å². The smallest absolute Gasteiger partial charge is 0.329 e. The molecule has 0 aromatic rings. The number of carbonyl (C=O) groups excluding carboxylic acids is 2. The van der Waals surface area contributed by atoms with Gasteiger partial charge in [-0.25, -0.2) is 4.79 Å². The lowest BCUT2D eigenvalue weighted by Gasteiger charge is -2.32. The Labute approximate surface area is 125 Å². The summed E-state index contributed by atoms with van der Waals surface area (Å²) >= 11 is 0. The van der Waals surface area contributed by atoms with Crippen molar-refractivity contribution in [3.8, 4) is 0 Å². The molecular weight excluding hydrogens is 274 g/mol. The van der Waals surface area contributed by atoms with Crippen LogP contribution >= 0.6 is 0 Å². The second-order valence-corrected chi connectivity index (χ2v) is 6.96. The first-order valence-corrected chi connectivity index (χ1v) is 7.18. The molecule has 0 aliphatic heterocycles. The summed E-state index contributed by atoms with van der Waals surface area (Å²) in [6.07, 6.45) is 0.345. The highest BCUT2D eigenvalue weighted by molar-refractivity contribution is 5.92. The van der Waals surface area contributed by atoms with Crippen molar-refractivity contribution >= 4 is 17.8 Å². The van der Waals surface area contributed by atoms with Crippen molar-refractivity contribution in [3.05, 3.63) is 0 Å². The van der Waals surface area contributed by atoms with E-state index in [0.29, 0.717) is 6.42 Å². The van der Waals surface area contributed by atoms with Crippen LogP contribution in [-0.2, 0) is 19.1 Å². The molecule has 0 spiro atoms. The van der Waals surface area contributed by atoms with Crippen LogP contribution in [0.25, 0.3) is 0 Å². The summed E-state index contributed by atoms with van der Waals surface area (Å²) in [4.78, 5) is 36.8. The maximum Gasteiger partial charge on any atom is 0.329 e. The number of likely N-dealkylation sites (N-methyl/N-ethyl adjacent to an activating group) is 1. The van der Waals surface area contributed by atoms with Crippen molar-refractivity contribution in [2.45, 2.75) is 52.7 Å². The molecule has 0 aromatic carbocycles. The topological polar surface area (TPSA) is 83.9 Å². The summed E-state index contributed by atoms with van der Waals surface area (Å²) in [6.45, 7) is 8.97. The van der Waals surface area contributed by atoms with Crippen LogP contribution in [0.4, 0.5) is 0 Å². The van der Waals surface area contributed by atoms with Gasteiger partial charge < -0.3 is 14.7 Å². The van der Waals surface area contributed by atoms with Crippen molar-refractivity contribution in [3.63, 3.8) is 0 Å². The molecule has 0 saturated heterocycles. The number of ether oxygens (including phenoxy) is 1. The van der Waals surface area contributed by atoms with Crippen molar-refractivity contribution in [1.82, 2.24) is 4.90 Å². The van der Waals surface area contributed by atoms with Crippen LogP contribution in [0.1, 0.15) is 41.0 Å². The molecule has 1 saturated carbocycles. The van der Waals surface area contributed by atoms with Crippen molar-refractivity contribution in [1.29, 1.82) is 0 Å². The average Bonchev–Trinajstić information content (AvgIpc) is 3.04. The standard InChI is InChI=1S/C15H25NO5/c1-8(2)11(14(20)21-15(3,4)5)16(6)12(17)9-7-10(9)13(18)19/h8-11H,7H2,1-6H3,(H,18,19)/t9-,10+,11-/m0/s1. The number of carboxylic acid groups (broad SMARTS) is 1. The molecule has 3 atom stereocenters. The lowest BCUT2D eigenvalue weighted by atomic mass is 10.0. The fourth-order valence-electron chi connectivity index (χ4n) is 2.38. The number of esters is 1. The van der Waals surface area contributed by atoms with E-state index in [0.717, 1.165) is 0 Å². The zero-order chi connectivity index (χ0) is 16.5. The Morgan fingerprint density at radius 3 is 2.05 bits per heavy atom. The number of amides is 1. The number of aliphatic carboxylic acids is 1. The van der Waals surface area contributed by atoms with E-state index in [-0.39, 0.29) is 11.8 Å². The minimum absolute atomic E-state index is 0.115. The van der Waals surface area contributed by atoms with Gasteiger partial charge in [-0.05, 0) is 33.1 Å². The monoisotopic (exact) mass is 299 g/mol. The Hall–Kier alpha value is -1.59. The highest BCUT2D eigenvalue weighted by Gasteiger charge is 2.51. The lowest BCUT2D eigenvalue weighted by Crippen LogP contribution is -2.49. The van der Waals surface area contributed by atoms with Crippen LogP contribution in [0.3, 0.4) is 0 Å². The van der Waals surface area contributed by atoms with Gasteiger partial charge in [-0.15, -0.1) is 0 Å². The van der Waals surface area contributed by atoms with Crippen LogP contribution in [0.15, 0.2) is 0 Å². The summed E-state index contributed by atoms with van der Waals surface area (Å²) in [5, 5.41) is 8.90. The largest absolute Gasteiger partial charge is 0.481 e. The second-order valence-electron chi connectivity index (χ2n) is 6.96. The van der Waals surface area contributed by atoms with Gasteiger partial charge in [0.05, 0.1) is 11.8 Å². The maximum absolute atomic E-state index is 12.3. The fraction of sp³-hybridized carbons (Fsp3) is 0.800. The van der Waals surface area contributed by atoms with E-state index >= 15 is 0 Å². The Bertz CT molecular complexity index is 438. The Balaban J connectivity index is 2.79. The van der Waals surface area contributed by atoms with E-state index in [4.69, 9.17) is 9.84 Å². The highest BCUT2D eigenvalue weighted by atomic mass is 16.6. The number of nitrogens with zero attached hydrogens (tertiary/aromatic N) is 1. The molecule has 0 unspecified atom stereocenters.